The van der Waals surface area contributed by atoms with Crippen molar-refractivity contribution in [1.82, 2.24) is 19.9 Å². The Morgan fingerprint density at radius 2 is 2.00 bits per heavy atom. The lowest BCUT2D eigenvalue weighted by Crippen LogP contribution is -2.21. The van der Waals surface area contributed by atoms with Crippen LogP contribution in [0.3, 0.4) is 0 Å². The number of anilines is 1. The molecule has 96 valence electrons. The van der Waals surface area contributed by atoms with Gasteiger partial charge in [-0.25, -0.2) is 9.97 Å². The Kier molecular flexibility index (Phi) is 3.10. The molecule has 0 spiro atoms. The number of H-pyrrole nitrogens is 1. The first-order valence-corrected chi connectivity index (χ1v) is 6.23. The molecular weight excluding hydrogens is 238 g/mol. The highest BCUT2D eigenvalue weighted by atomic mass is 15.2. The Morgan fingerprint density at radius 3 is 2.84 bits per heavy atom. The number of hydrogen-bond acceptors (Lipinski definition) is 4. The second kappa shape index (κ2) is 5.06. The molecule has 0 bridgehead atoms. The Balaban J connectivity index is 1.77. The maximum absolute atomic E-state index is 4.37. The molecule has 0 aromatic carbocycles. The number of aromatic amines is 1. The summed E-state index contributed by atoms with van der Waals surface area (Å²) < 4.78 is 0. The molecule has 0 atom stereocenters. The molecule has 0 radical (unpaired) electrons. The molecule has 0 aliphatic carbocycles. The fraction of sp³-hybridized carbons (Fsp3) is 0.214. The van der Waals surface area contributed by atoms with Gasteiger partial charge in [0.2, 0.25) is 0 Å². The first-order valence-electron chi connectivity index (χ1n) is 6.23. The monoisotopic (exact) mass is 253 g/mol. The molecule has 0 saturated carbocycles. The van der Waals surface area contributed by atoms with Gasteiger partial charge < -0.3 is 9.88 Å². The van der Waals surface area contributed by atoms with E-state index in [9.17, 15) is 0 Å². The molecule has 3 aromatic rings. The van der Waals surface area contributed by atoms with Crippen molar-refractivity contribution in [2.24, 2.45) is 0 Å². The van der Waals surface area contributed by atoms with Crippen LogP contribution in [-0.2, 0) is 6.42 Å². The standard InChI is InChI=1S/C14H15N5/c1-19(9-5-11-2-6-15-7-3-11)14-12-4-8-16-13(12)17-10-18-14/h2-4,6-8,10H,5,9H2,1H3,(H,16,17,18). The van der Waals surface area contributed by atoms with Gasteiger partial charge in [-0.1, -0.05) is 0 Å². The maximum Gasteiger partial charge on any atom is 0.142 e. The summed E-state index contributed by atoms with van der Waals surface area (Å²) in [5, 5.41) is 1.06. The van der Waals surface area contributed by atoms with Crippen molar-refractivity contribution in [2.45, 2.75) is 6.42 Å². The van der Waals surface area contributed by atoms with Crippen LogP contribution in [0.25, 0.3) is 11.0 Å². The van der Waals surface area contributed by atoms with Crippen molar-refractivity contribution >= 4 is 16.9 Å². The van der Waals surface area contributed by atoms with Crippen molar-refractivity contribution in [3.8, 4) is 0 Å². The van der Waals surface area contributed by atoms with Gasteiger partial charge in [-0.05, 0) is 30.2 Å². The van der Waals surface area contributed by atoms with E-state index in [1.165, 1.54) is 5.56 Å². The summed E-state index contributed by atoms with van der Waals surface area (Å²) in [6.45, 7) is 0.904. The summed E-state index contributed by atoms with van der Waals surface area (Å²) >= 11 is 0. The van der Waals surface area contributed by atoms with Gasteiger partial charge in [-0.2, -0.15) is 0 Å². The zero-order valence-electron chi connectivity index (χ0n) is 10.7. The fourth-order valence-electron chi connectivity index (χ4n) is 2.12. The lowest BCUT2D eigenvalue weighted by Gasteiger charge is -2.18. The molecule has 0 fully saturated rings. The predicted octanol–water partition coefficient (Wildman–Crippen LogP) is 2.03. The molecule has 0 aliphatic rings. The van der Waals surface area contributed by atoms with E-state index in [2.05, 4.69) is 31.9 Å². The Hall–Kier alpha value is -2.43. The number of hydrogen-bond donors (Lipinski definition) is 1. The summed E-state index contributed by atoms with van der Waals surface area (Å²) in [4.78, 5) is 17.9. The van der Waals surface area contributed by atoms with Crippen LogP contribution < -0.4 is 4.90 Å². The van der Waals surface area contributed by atoms with E-state index in [1.54, 1.807) is 6.33 Å². The van der Waals surface area contributed by atoms with E-state index in [0.717, 1.165) is 29.8 Å². The number of fused-ring (bicyclic) bond motifs is 1. The zero-order valence-corrected chi connectivity index (χ0v) is 10.7. The maximum atomic E-state index is 4.37. The van der Waals surface area contributed by atoms with Gasteiger partial charge in [0.05, 0.1) is 5.39 Å². The highest BCUT2D eigenvalue weighted by Gasteiger charge is 2.08. The van der Waals surface area contributed by atoms with Crippen LogP contribution >= 0.6 is 0 Å². The van der Waals surface area contributed by atoms with Crippen LogP contribution in [0.15, 0.2) is 43.1 Å². The van der Waals surface area contributed by atoms with Crippen molar-refractivity contribution in [3.05, 3.63) is 48.7 Å². The molecule has 5 heteroatoms. The highest BCUT2D eigenvalue weighted by Crippen LogP contribution is 2.20. The molecule has 5 nitrogen and oxygen atoms in total. The van der Waals surface area contributed by atoms with Crippen molar-refractivity contribution in [2.75, 3.05) is 18.5 Å². The summed E-state index contributed by atoms with van der Waals surface area (Å²) in [6.07, 6.45) is 8.10. The van der Waals surface area contributed by atoms with Crippen molar-refractivity contribution in [1.29, 1.82) is 0 Å². The zero-order chi connectivity index (χ0) is 13.1. The lowest BCUT2D eigenvalue weighted by molar-refractivity contribution is 0.860. The average Bonchev–Trinajstić information content (AvgIpc) is 2.94. The molecule has 1 N–H and O–H groups in total. The highest BCUT2D eigenvalue weighted by molar-refractivity contribution is 5.87. The van der Waals surface area contributed by atoms with Gasteiger partial charge in [0.1, 0.15) is 17.8 Å². The summed E-state index contributed by atoms with van der Waals surface area (Å²) in [5.41, 5.74) is 2.15. The first-order chi connectivity index (χ1) is 9.34. The van der Waals surface area contributed by atoms with Crippen LogP contribution in [-0.4, -0.2) is 33.5 Å². The van der Waals surface area contributed by atoms with Gasteiger partial charge in [0, 0.05) is 32.2 Å². The smallest absolute Gasteiger partial charge is 0.142 e. The van der Waals surface area contributed by atoms with E-state index in [-0.39, 0.29) is 0 Å². The van der Waals surface area contributed by atoms with Crippen molar-refractivity contribution in [3.63, 3.8) is 0 Å². The minimum Gasteiger partial charge on any atom is -0.359 e. The molecule has 0 unspecified atom stereocenters. The SMILES string of the molecule is CN(CCc1ccncc1)c1ncnc2[nH]ccc12. The van der Waals surface area contributed by atoms with E-state index < -0.39 is 0 Å². The number of rotatable bonds is 4. The fourth-order valence-corrected chi connectivity index (χ4v) is 2.12. The number of nitrogens with zero attached hydrogens (tertiary/aromatic N) is 4. The second-order valence-corrected chi connectivity index (χ2v) is 4.46. The number of aromatic nitrogens is 4. The van der Waals surface area contributed by atoms with Gasteiger partial charge in [-0.3, -0.25) is 4.98 Å². The molecule has 3 rings (SSSR count). The summed E-state index contributed by atoms with van der Waals surface area (Å²) in [5.74, 6) is 0.959. The minimum atomic E-state index is 0.876. The lowest BCUT2D eigenvalue weighted by atomic mass is 10.2. The normalized spacial score (nSPS) is 10.8. The van der Waals surface area contributed by atoms with E-state index >= 15 is 0 Å². The number of pyridine rings is 1. The largest absolute Gasteiger partial charge is 0.359 e. The van der Waals surface area contributed by atoms with Crippen LogP contribution in [0.4, 0.5) is 5.82 Å². The minimum absolute atomic E-state index is 0.876. The Bertz CT molecular complexity index is 662. The van der Waals surface area contributed by atoms with E-state index in [1.807, 2.05) is 36.8 Å². The van der Waals surface area contributed by atoms with Crippen LogP contribution in [0.1, 0.15) is 5.56 Å². The van der Waals surface area contributed by atoms with Crippen LogP contribution in [0.2, 0.25) is 0 Å². The van der Waals surface area contributed by atoms with Crippen LogP contribution in [0, 0.1) is 0 Å². The topological polar surface area (TPSA) is 57.7 Å². The Labute approximate surface area is 111 Å². The molecule has 3 heterocycles. The number of nitrogens with one attached hydrogen (secondary N) is 1. The third-order valence-corrected chi connectivity index (χ3v) is 3.18. The molecule has 0 saturated heterocycles. The number of likely N-dealkylation sites (N-methyl/N-ethyl adjacent to an activating group) is 1. The molecule has 0 aliphatic heterocycles. The van der Waals surface area contributed by atoms with Gasteiger partial charge >= 0.3 is 0 Å². The quantitative estimate of drug-likeness (QED) is 0.773. The van der Waals surface area contributed by atoms with E-state index in [4.69, 9.17) is 0 Å². The van der Waals surface area contributed by atoms with Gasteiger partial charge in [0.25, 0.3) is 0 Å². The van der Waals surface area contributed by atoms with Crippen LogP contribution in [0.5, 0.6) is 0 Å². The average molecular weight is 253 g/mol. The summed E-state index contributed by atoms with van der Waals surface area (Å²) in [6, 6.07) is 6.09. The van der Waals surface area contributed by atoms with Gasteiger partial charge in [-0.15, -0.1) is 0 Å². The third kappa shape index (κ3) is 2.40. The molecule has 19 heavy (non-hydrogen) atoms. The molecule has 0 amide bonds. The molecular formula is C14H15N5. The first kappa shape index (κ1) is 11.6. The predicted molar refractivity (Wildman–Crippen MR) is 75.1 cm³/mol. The van der Waals surface area contributed by atoms with E-state index in [0.29, 0.717) is 0 Å². The third-order valence-electron chi connectivity index (χ3n) is 3.18. The van der Waals surface area contributed by atoms with Gasteiger partial charge in [0.15, 0.2) is 0 Å². The molecule has 3 aromatic heterocycles. The van der Waals surface area contributed by atoms with Crippen molar-refractivity contribution < 1.29 is 0 Å². The Morgan fingerprint density at radius 1 is 1.16 bits per heavy atom. The second-order valence-electron chi connectivity index (χ2n) is 4.46. The summed E-state index contributed by atoms with van der Waals surface area (Å²) in [7, 11) is 2.05.